The number of hydrogen-bond acceptors (Lipinski definition) is 5. The zero-order chi connectivity index (χ0) is 19.8. The van der Waals surface area contributed by atoms with Crippen molar-refractivity contribution in [1.82, 2.24) is 10.3 Å². The first-order valence-corrected chi connectivity index (χ1v) is 9.96. The summed E-state index contributed by atoms with van der Waals surface area (Å²) in [4.78, 5) is 15.5. The molecule has 150 valence electrons. The van der Waals surface area contributed by atoms with Gasteiger partial charge < -0.3 is 19.9 Å². The number of aromatic nitrogens is 1. The van der Waals surface area contributed by atoms with Gasteiger partial charge in [0.15, 0.2) is 0 Å². The number of ether oxygens (including phenoxy) is 2. The topological polar surface area (TPSA) is 80.7 Å². The smallest absolute Gasteiger partial charge is 0.306 e. The van der Waals surface area contributed by atoms with Crippen LogP contribution in [0.3, 0.4) is 0 Å². The zero-order valence-corrected chi connectivity index (χ0v) is 16.3. The Morgan fingerprint density at radius 2 is 1.86 bits per heavy atom. The minimum Gasteiger partial charge on any atom is -0.494 e. The zero-order valence-electron chi connectivity index (χ0n) is 16.3. The first-order valence-electron chi connectivity index (χ1n) is 9.96. The average Bonchev–Trinajstić information content (AvgIpc) is 2.73. The van der Waals surface area contributed by atoms with E-state index in [0.29, 0.717) is 30.8 Å². The van der Waals surface area contributed by atoms with E-state index in [1.54, 1.807) is 6.20 Å². The highest BCUT2D eigenvalue weighted by atomic mass is 16.5. The van der Waals surface area contributed by atoms with Crippen molar-refractivity contribution in [2.75, 3.05) is 6.61 Å². The van der Waals surface area contributed by atoms with Gasteiger partial charge >= 0.3 is 5.97 Å². The normalized spacial score (nSPS) is 19.2. The second-order valence-electron chi connectivity index (χ2n) is 7.16. The van der Waals surface area contributed by atoms with Crippen molar-refractivity contribution < 1.29 is 19.4 Å². The first-order chi connectivity index (χ1) is 13.7. The molecule has 1 fully saturated rings. The summed E-state index contributed by atoms with van der Waals surface area (Å²) in [6, 6.07) is 11.8. The van der Waals surface area contributed by atoms with Crippen LogP contribution >= 0.6 is 0 Å². The Hall–Kier alpha value is -2.60. The number of carboxylic acid groups (broad SMARTS) is 1. The van der Waals surface area contributed by atoms with Crippen LogP contribution in [0.5, 0.6) is 17.4 Å². The van der Waals surface area contributed by atoms with Crippen LogP contribution in [-0.4, -0.2) is 28.7 Å². The molecule has 0 radical (unpaired) electrons. The summed E-state index contributed by atoms with van der Waals surface area (Å²) in [7, 11) is 0. The van der Waals surface area contributed by atoms with E-state index in [4.69, 9.17) is 14.6 Å². The molecule has 0 atom stereocenters. The molecule has 0 spiro atoms. The highest BCUT2D eigenvalue weighted by molar-refractivity contribution is 5.70. The van der Waals surface area contributed by atoms with Gasteiger partial charge in [-0.1, -0.05) is 13.0 Å². The fourth-order valence-electron chi connectivity index (χ4n) is 3.38. The Bertz CT molecular complexity index is 755. The molecule has 1 aliphatic carbocycles. The van der Waals surface area contributed by atoms with Gasteiger partial charge in [0, 0.05) is 24.3 Å². The fraction of sp³-hybridized carbons (Fsp3) is 0.455. The molecule has 1 heterocycles. The maximum atomic E-state index is 11.1. The Morgan fingerprint density at radius 3 is 2.54 bits per heavy atom. The van der Waals surface area contributed by atoms with Crippen LogP contribution in [0.25, 0.3) is 0 Å². The monoisotopic (exact) mass is 384 g/mol. The molecule has 0 aliphatic heterocycles. The van der Waals surface area contributed by atoms with E-state index in [2.05, 4.69) is 17.2 Å². The molecular formula is C22H28N2O4. The average molecular weight is 384 g/mol. The van der Waals surface area contributed by atoms with Crippen LogP contribution in [0.4, 0.5) is 0 Å². The van der Waals surface area contributed by atoms with E-state index < -0.39 is 5.97 Å². The van der Waals surface area contributed by atoms with Gasteiger partial charge in [-0.15, -0.1) is 0 Å². The number of hydrogen-bond donors (Lipinski definition) is 2. The lowest BCUT2D eigenvalue weighted by molar-refractivity contribution is -0.142. The third-order valence-corrected chi connectivity index (χ3v) is 5.02. The molecule has 6 nitrogen and oxygen atoms in total. The van der Waals surface area contributed by atoms with Crippen molar-refractivity contribution in [3.8, 4) is 17.4 Å². The predicted molar refractivity (Wildman–Crippen MR) is 107 cm³/mol. The number of nitrogens with one attached hydrogen (secondary N) is 1. The number of carbonyl (C=O) groups is 1. The summed E-state index contributed by atoms with van der Waals surface area (Å²) in [6.45, 7) is 3.42. The van der Waals surface area contributed by atoms with Crippen LogP contribution in [0.2, 0.25) is 0 Å². The molecule has 1 saturated carbocycles. The Labute approximate surface area is 165 Å². The second-order valence-corrected chi connectivity index (χ2v) is 7.16. The summed E-state index contributed by atoms with van der Waals surface area (Å²) < 4.78 is 11.6. The molecule has 1 aromatic carbocycles. The quantitative estimate of drug-likeness (QED) is 0.667. The molecule has 0 unspecified atom stereocenters. The van der Waals surface area contributed by atoms with E-state index in [0.717, 1.165) is 43.4 Å². The van der Waals surface area contributed by atoms with E-state index in [9.17, 15) is 4.79 Å². The number of benzene rings is 1. The van der Waals surface area contributed by atoms with Crippen LogP contribution in [0.1, 0.15) is 44.6 Å². The van der Waals surface area contributed by atoms with Crippen molar-refractivity contribution in [3.63, 3.8) is 0 Å². The molecular weight excluding hydrogens is 356 g/mol. The third-order valence-electron chi connectivity index (χ3n) is 5.02. The Morgan fingerprint density at radius 1 is 1.14 bits per heavy atom. The molecule has 1 aliphatic rings. The van der Waals surface area contributed by atoms with Gasteiger partial charge in [0.2, 0.25) is 5.88 Å². The molecule has 2 aromatic rings. The summed E-state index contributed by atoms with van der Waals surface area (Å²) in [6.07, 6.45) is 5.92. The molecule has 6 heteroatoms. The number of nitrogens with zero attached hydrogens (tertiary/aromatic N) is 1. The highest BCUT2D eigenvalue weighted by Gasteiger charge is 2.25. The Balaban J connectivity index is 1.55. The molecule has 0 bridgehead atoms. The summed E-state index contributed by atoms with van der Waals surface area (Å²) >= 11 is 0. The molecule has 1 aromatic heterocycles. The second kappa shape index (κ2) is 10.1. The lowest BCUT2D eigenvalue weighted by Crippen LogP contribution is -2.34. The maximum absolute atomic E-state index is 11.1. The minimum absolute atomic E-state index is 0.195. The molecule has 0 saturated heterocycles. The molecule has 28 heavy (non-hydrogen) atoms. The van der Waals surface area contributed by atoms with Gasteiger partial charge in [0.25, 0.3) is 0 Å². The minimum atomic E-state index is -0.674. The van der Waals surface area contributed by atoms with Crippen LogP contribution in [0, 0.1) is 5.92 Å². The van der Waals surface area contributed by atoms with Crippen LogP contribution < -0.4 is 14.8 Å². The van der Waals surface area contributed by atoms with Crippen molar-refractivity contribution in [3.05, 3.63) is 48.2 Å². The first kappa shape index (κ1) is 20.1. The van der Waals surface area contributed by atoms with Crippen molar-refractivity contribution >= 4 is 5.97 Å². The highest BCUT2D eigenvalue weighted by Crippen LogP contribution is 2.27. The van der Waals surface area contributed by atoms with Crippen LogP contribution in [0.15, 0.2) is 42.6 Å². The van der Waals surface area contributed by atoms with Gasteiger partial charge in [-0.25, -0.2) is 4.98 Å². The van der Waals surface area contributed by atoms with E-state index in [-0.39, 0.29) is 5.92 Å². The van der Waals surface area contributed by atoms with Gasteiger partial charge in [-0.3, -0.25) is 4.79 Å². The van der Waals surface area contributed by atoms with E-state index in [1.165, 1.54) is 0 Å². The SMILES string of the molecule is CCCOc1ccc(Oc2ncccc2CNC2CCC(C(=O)O)CC2)cc1. The number of carboxylic acids is 1. The number of aliphatic carboxylic acids is 1. The van der Waals surface area contributed by atoms with Crippen molar-refractivity contribution in [2.45, 2.75) is 51.6 Å². The van der Waals surface area contributed by atoms with Gasteiger partial charge in [0.1, 0.15) is 11.5 Å². The van der Waals surface area contributed by atoms with E-state index >= 15 is 0 Å². The standard InChI is InChI=1S/C22H28N2O4/c1-2-14-27-19-9-11-20(12-10-19)28-21-17(4-3-13-23-21)15-24-18-7-5-16(6-8-18)22(25)26/h3-4,9-13,16,18,24H,2,5-8,14-15H2,1H3,(H,25,26). The van der Waals surface area contributed by atoms with Gasteiger partial charge in [0.05, 0.1) is 12.5 Å². The van der Waals surface area contributed by atoms with Gasteiger partial charge in [-0.2, -0.15) is 0 Å². The third kappa shape index (κ3) is 5.70. The molecule has 3 rings (SSSR count). The summed E-state index contributed by atoms with van der Waals surface area (Å²) in [5.74, 6) is 1.25. The summed E-state index contributed by atoms with van der Waals surface area (Å²) in [5.41, 5.74) is 0.981. The van der Waals surface area contributed by atoms with Crippen molar-refractivity contribution in [1.29, 1.82) is 0 Å². The lowest BCUT2D eigenvalue weighted by atomic mass is 9.86. The Kier molecular flexibility index (Phi) is 7.25. The van der Waals surface area contributed by atoms with Crippen LogP contribution in [-0.2, 0) is 11.3 Å². The fourth-order valence-corrected chi connectivity index (χ4v) is 3.38. The number of rotatable bonds is 9. The predicted octanol–water partition coefficient (Wildman–Crippen LogP) is 4.40. The maximum Gasteiger partial charge on any atom is 0.306 e. The van der Waals surface area contributed by atoms with E-state index in [1.807, 2.05) is 36.4 Å². The molecule has 0 amide bonds. The summed E-state index contributed by atoms with van der Waals surface area (Å²) in [5, 5.41) is 12.6. The lowest BCUT2D eigenvalue weighted by Gasteiger charge is -2.27. The molecule has 2 N–H and O–H groups in total. The number of pyridine rings is 1. The van der Waals surface area contributed by atoms with Crippen molar-refractivity contribution in [2.24, 2.45) is 5.92 Å². The van der Waals surface area contributed by atoms with Gasteiger partial charge in [-0.05, 0) is 62.4 Å². The largest absolute Gasteiger partial charge is 0.494 e.